The minimum Gasteiger partial charge on any atom is -0.476 e. The highest BCUT2D eigenvalue weighted by Gasteiger charge is 2.63. The fourth-order valence-corrected chi connectivity index (χ4v) is 9.12. The van der Waals surface area contributed by atoms with E-state index in [9.17, 15) is 40.8 Å². The Balaban J connectivity index is 0.00000278. The Morgan fingerprint density at radius 3 is 2.30 bits per heavy atom. The number of benzene rings is 1. The Hall–Kier alpha value is -4.68. The first-order chi connectivity index (χ1) is 28.6. The van der Waals surface area contributed by atoms with E-state index in [1.165, 1.54) is 11.8 Å². The summed E-state index contributed by atoms with van der Waals surface area (Å²) in [5.41, 5.74) is -4.55. The molecule has 4 aliphatic rings. The van der Waals surface area contributed by atoms with Crippen molar-refractivity contribution in [2.75, 3.05) is 13.2 Å². The molecule has 6 rings (SSSR count). The van der Waals surface area contributed by atoms with Crippen molar-refractivity contribution in [1.82, 2.24) is 30.5 Å². The number of fused-ring (bicyclic) bond motifs is 3. The zero-order chi connectivity index (χ0) is 45.1. The maximum atomic E-state index is 14.9. The number of nitrogens with zero attached hydrogens (tertiary/aromatic N) is 3. The average Bonchev–Trinajstić information content (AvgIpc) is 4.08. The van der Waals surface area contributed by atoms with Gasteiger partial charge in [0.2, 0.25) is 39.2 Å². The smallest absolute Gasteiger partial charge is 0.427 e. The van der Waals surface area contributed by atoms with Crippen LogP contribution in [0.5, 0.6) is 11.8 Å². The highest BCUT2D eigenvalue weighted by atomic mass is 32.2. The first-order valence-corrected chi connectivity index (χ1v) is 22.6. The summed E-state index contributed by atoms with van der Waals surface area (Å²) in [6.07, 6.45) is -1.06. The van der Waals surface area contributed by atoms with Crippen molar-refractivity contribution in [2.45, 2.75) is 147 Å². The molecule has 7 atom stereocenters. The summed E-state index contributed by atoms with van der Waals surface area (Å²) in [4.78, 5) is 57.9. The molecule has 2 saturated carbocycles. The predicted octanol–water partition coefficient (Wildman–Crippen LogP) is 6.85. The number of sulfonamides is 1. The van der Waals surface area contributed by atoms with Gasteiger partial charge in [0.25, 0.3) is 5.91 Å². The van der Waals surface area contributed by atoms with Crippen LogP contribution in [0.2, 0.25) is 0 Å². The van der Waals surface area contributed by atoms with Crippen LogP contribution < -0.4 is 24.8 Å². The molecule has 61 heavy (non-hydrogen) atoms. The number of hydrogen-bond acceptors (Lipinski definition) is 11. The maximum absolute atomic E-state index is 14.9. The molecule has 3 fully saturated rings. The molecule has 1 aromatic heterocycles. The number of alkyl halides is 3. The molecule has 2 aliphatic heterocycles. The van der Waals surface area contributed by atoms with Crippen molar-refractivity contribution in [3.05, 3.63) is 36.4 Å². The number of halogens is 3. The fourth-order valence-electron chi connectivity index (χ4n) is 7.80. The van der Waals surface area contributed by atoms with Crippen LogP contribution in [0.15, 0.2) is 36.4 Å². The summed E-state index contributed by atoms with van der Waals surface area (Å²) < 4.78 is 85.8. The zero-order valence-corrected chi connectivity index (χ0v) is 36.9. The maximum Gasteiger partial charge on any atom is 0.427 e. The van der Waals surface area contributed by atoms with Gasteiger partial charge >= 0.3 is 12.3 Å². The molecule has 1 saturated heterocycles. The number of nitrogens with one attached hydrogen (secondary N) is 3. The highest BCUT2D eigenvalue weighted by Crippen LogP contribution is 2.48. The van der Waals surface area contributed by atoms with Gasteiger partial charge in [0.05, 0.1) is 28.7 Å². The molecule has 4 amide bonds. The van der Waals surface area contributed by atoms with Crippen LogP contribution in [-0.4, -0.2) is 101 Å². The van der Waals surface area contributed by atoms with E-state index in [2.05, 4.69) is 25.6 Å². The summed E-state index contributed by atoms with van der Waals surface area (Å²) >= 11 is 0. The third-order valence-electron chi connectivity index (χ3n) is 12.1. The molecule has 2 aliphatic carbocycles. The third-order valence-corrected chi connectivity index (χ3v) is 14.2. The second kappa shape index (κ2) is 18.3. The molecule has 344 valence electrons. The van der Waals surface area contributed by atoms with Gasteiger partial charge in [0, 0.05) is 16.6 Å². The minimum absolute atomic E-state index is 0. The molecule has 1 aromatic carbocycles. The fraction of sp³-hybridized carbons (Fsp3) is 0.667. The van der Waals surface area contributed by atoms with E-state index in [-0.39, 0.29) is 41.3 Å². The normalized spacial score (nSPS) is 28.3. The van der Waals surface area contributed by atoms with Gasteiger partial charge in [-0.15, -0.1) is 10.2 Å². The number of rotatable bonds is 10. The van der Waals surface area contributed by atoms with Gasteiger partial charge in [-0.3, -0.25) is 19.1 Å². The van der Waals surface area contributed by atoms with E-state index in [0.29, 0.717) is 69.8 Å². The van der Waals surface area contributed by atoms with Crippen molar-refractivity contribution in [1.29, 1.82) is 0 Å². The van der Waals surface area contributed by atoms with E-state index >= 15 is 0 Å². The lowest BCUT2D eigenvalue weighted by Crippen LogP contribution is -2.60. The lowest BCUT2D eigenvalue weighted by atomic mass is 9.85. The highest BCUT2D eigenvalue weighted by molar-refractivity contribution is 7.91. The summed E-state index contributed by atoms with van der Waals surface area (Å²) in [5.74, 6) is -3.30. The van der Waals surface area contributed by atoms with Gasteiger partial charge in [0.1, 0.15) is 23.7 Å². The molecule has 3 N–H and O–H groups in total. The number of carbonyl (C=O) groups is 4. The number of hydrogen-bond donors (Lipinski definition) is 3. The number of allylic oxidation sites excluding steroid dienone is 1. The lowest BCUT2D eigenvalue weighted by Gasteiger charge is -2.35. The second-order valence-corrected chi connectivity index (χ2v) is 19.2. The largest absolute Gasteiger partial charge is 0.476 e. The van der Waals surface area contributed by atoms with Gasteiger partial charge in [-0.25, -0.2) is 13.2 Å². The monoisotopic (exact) mass is 886 g/mol. The molecule has 0 spiro atoms. The first-order valence-electron chi connectivity index (χ1n) is 21.1. The van der Waals surface area contributed by atoms with Crippen LogP contribution in [0.1, 0.15) is 111 Å². The van der Waals surface area contributed by atoms with E-state index in [0.717, 1.165) is 0 Å². The second-order valence-electron chi connectivity index (χ2n) is 17.0. The van der Waals surface area contributed by atoms with Crippen LogP contribution in [-0.2, 0) is 29.1 Å². The molecule has 3 heterocycles. The van der Waals surface area contributed by atoms with Crippen molar-refractivity contribution < 1.29 is 59.3 Å². The Morgan fingerprint density at radius 1 is 1.05 bits per heavy atom. The van der Waals surface area contributed by atoms with Gasteiger partial charge in [0.15, 0.2) is 0 Å². The number of ether oxygens (including phenoxy) is 3. The Labute approximate surface area is 359 Å². The van der Waals surface area contributed by atoms with E-state index in [1.807, 2.05) is 26.8 Å². The van der Waals surface area contributed by atoms with Gasteiger partial charge in [-0.1, -0.05) is 58.4 Å². The molecule has 0 bridgehead atoms. The number of carbonyl (C=O) groups excluding carboxylic acids is 4. The number of amides is 4. The summed E-state index contributed by atoms with van der Waals surface area (Å²) in [6.45, 7) is 12.6. The third kappa shape index (κ3) is 10.2. The Kier molecular flexibility index (Phi) is 14.2. The van der Waals surface area contributed by atoms with Gasteiger partial charge in [-0.05, 0) is 90.2 Å². The van der Waals surface area contributed by atoms with E-state index in [1.54, 1.807) is 44.2 Å². The Morgan fingerprint density at radius 2 is 1.69 bits per heavy atom. The van der Waals surface area contributed by atoms with Crippen molar-refractivity contribution in [3.8, 4) is 11.8 Å². The van der Waals surface area contributed by atoms with E-state index < -0.39 is 85.9 Å². The predicted molar refractivity (Wildman–Crippen MR) is 226 cm³/mol. The molecular formula is C42H65F3N6O9S. The van der Waals surface area contributed by atoms with Crippen LogP contribution in [0, 0.1) is 17.8 Å². The van der Waals surface area contributed by atoms with Gasteiger partial charge in [-0.2, -0.15) is 13.2 Å². The minimum atomic E-state index is -4.92. The van der Waals surface area contributed by atoms with Crippen LogP contribution >= 0.6 is 0 Å². The molecular weight excluding hydrogens is 822 g/mol. The Bertz CT molecular complexity index is 2110. The standard InChI is InChI=1S/C40H53F3N6O9S.C2H6.3H2/c1-7-24-19-23(3)13-9-10-14-25-21-39(25,35(52)48-59(54,55)38(6)17-18-38)45-31(50)29-20-26(57-33-28-16-12-11-15-27(28)32(46-47-33)56-8-2)22-49(29)34(51)30(24)44-36(53)58-37(4,5)40(41,42)43;1-2;;;/h10-12,14-16,23-26,29-30H,7-9,13,17-22H2,1-6H3,(H,44,53)(H,45,50)(H,48,52);1-2H3;3*1H/b14-10-;;;;/t23-,24-,25-,26-,29+,30+,39-;;;;/m1..../s1. The molecule has 2 aromatic rings. The SMILES string of the molecule is CC.CCOc1nnc(O[C@@H]2C[C@H]3C(=O)N[C@]4(C(=O)NS(=O)(=O)C5(C)CC5)C[C@H]4/C=C\CC[C@@H](C)C[C@@H](CC)[C@H](NC(=O)OC(C)(C)C(F)(F)F)C(=O)N3C2)c2ccccc12.[HH].[HH].[HH]. The van der Waals surface area contributed by atoms with Crippen molar-refractivity contribution in [2.24, 2.45) is 17.8 Å². The van der Waals surface area contributed by atoms with E-state index in [4.69, 9.17) is 14.2 Å². The zero-order valence-electron chi connectivity index (χ0n) is 36.1. The molecule has 0 unspecified atom stereocenters. The molecule has 0 radical (unpaired) electrons. The quantitative estimate of drug-likeness (QED) is 0.211. The van der Waals surface area contributed by atoms with Crippen molar-refractivity contribution >= 4 is 44.6 Å². The topological polar surface area (TPSA) is 195 Å². The molecule has 19 heteroatoms. The summed E-state index contributed by atoms with van der Waals surface area (Å²) in [6, 6.07) is 4.29. The lowest BCUT2D eigenvalue weighted by molar-refractivity contribution is -0.244. The van der Waals surface area contributed by atoms with Gasteiger partial charge < -0.3 is 29.7 Å². The summed E-state index contributed by atoms with van der Waals surface area (Å²) in [5, 5.41) is 14.8. The number of aromatic nitrogens is 2. The van der Waals surface area contributed by atoms with Crippen LogP contribution in [0.4, 0.5) is 18.0 Å². The summed E-state index contributed by atoms with van der Waals surface area (Å²) in [7, 11) is -4.09. The first kappa shape index (κ1) is 47.4. The average molecular weight is 887 g/mol. The molecule has 15 nitrogen and oxygen atoms in total. The van der Waals surface area contributed by atoms with Crippen molar-refractivity contribution in [3.63, 3.8) is 0 Å². The number of alkyl carbamates (subject to hydrolysis) is 1. The van der Waals surface area contributed by atoms with Crippen LogP contribution in [0.25, 0.3) is 10.8 Å². The van der Waals surface area contributed by atoms with Crippen LogP contribution in [0.3, 0.4) is 0 Å².